The molecule has 1 atom stereocenters. The predicted molar refractivity (Wildman–Crippen MR) is 128 cm³/mol. The van der Waals surface area contributed by atoms with Gasteiger partial charge in [0.05, 0.1) is 19.2 Å². The summed E-state index contributed by atoms with van der Waals surface area (Å²) in [5, 5.41) is 0.836. The van der Waals surface area contributed by atoms with Gasteiger partial charge >= 0.3 is 0 Å². The molecule has 0 saturated carbocycles. The highest BCUT2D eigenvalue weighted by molar-refractivity contribution is 5.88. The number of hydrogen-bond donors (Lipinski definition) is 0. The molecule has 1 aromatic carbocycles. The predicted octanol–water partition coefficient (Wildman–Crippen LogP) is 5.72. The SMILES string of the molecule is COc1cc2c(Oc3cc(C)c(C)nc3C3=CC=CC=CC3)ccnc2cc1OCC1CO1. The van der Waals surface area contributed by atoms with E-state index in [-0.39, 0.29) is 6.10 Å². The van der Waals surface area contributed by atoms with Gasteiger partial charge in [0.1, 0.15) is 24.2 Å². The molecule has 1 aliphatic heterocycles. The minimum Gasteiger partial charge on any atom is -0.493 e. The number of rotatable bonds is 7. The number of ether oxygens (including phenoxy) is 4. The van der Waals surface area contributed by atoms with Crippen molar-refractivity contribution in [2.75, 3.05) is 20.3 Å². The Labute approximate surface area is 193 Å². The van der Waals surface area contributed by atoms with Gasteiger partial charge in [-0.2, -0.15) is 0 Å². The van der Waals surface area contributed by atoms with Crippen molar-refractivity contribution in [3.05, 3.63) is 77.8 Å². The van der Waals surface area contributed by atoms with Crippen molar-refractivity contribution in [2.45, 2.75) is 26.4 Å². The number of fused-ring (bicyclic) bond motifs is 1. The average molecular weight is 443 g/mol. The molecule has 1 aliphatic carbocycles. The lowest BCUT2D eigenvalue weighted by Crippen LogP contribution is -2.05. The summed E-state index contributed by atoms with van der Waals surface area (Å²) in [4.78, 5) is 9.40. The monoisotopic (exact) mass is 442 g/mol. The lowest BCUT2D eigenvalue weighted by Gasteiger charge is -2.17. The summed E-state index contributed by atoms with van der Waals surface area (Å²) in [6.07, 6.45) is 13.0. The number of benzene rings is 1. The van der Waals surface area contributed by atoms with Crippen LogP contribution in [-0.4, -0.2) is 36.4 Å². The quantitative estimate of drug-likeness (QED) is 0.436. The second-order valence-corrected chi connectivity index (χ2v) is 8.14. The van der Waals surface area contributed by atoms with Crippen LogP contribution < -0.4 is 14.2 Å². The van der Waals surface area contributed by atoms with Crippen molar-refractivity contribution >= 4 is 16.5 Å². The van der Waals surface area contributed by atoms with Crippen LogP contribution in [0.4, 0.5) is 0 Å². The minimum atomic E-state index is 0.159. The number of epoxide rings is 1. The van der Waals surface area contributed by atoms with Crippen molar-refractivity contribution in [3.8, 4) is 23.0 Å². The van der Waals surface area contributed by atoms with E-state index in [9.17, 15) is 0 Å². The number of allylic oxidation sites excluding steroid dienone is 6. The van der Waals surface area contributed by atoms with Crippen LogP contribution in [0.15, 0.2) is 60.8 Å². The van der Waals surface area contributed by atoms with Gasteiger partial charge < -0.3 is 18.9 Å². The Kier molecular flexibility index (Phi) is 5.84. The van der Waals surface area contributed by atoms with Crippen LogP contribution in [0.5, 0.6) is 23.0 Å². The molecular formula is C27H26N2O4. The maximum atomic E-state index is 6.49. The molecule has 6 nitrogen and oxygen atoms in total. The molecule has 1 saturated heterocycles. The van der Waals surface area contributed by atoms with Crippen molar-refractivity contribution in [1.29, 1.82) is 0 Å². The van der Waals surface area contributed by atoms with Crippen molar-refractivity contribution in [1.82, 2.24) is 9.97 Å². The van der Waals surface area contributed by atoms with Crippen LogP contribution >= 0.6 is 0 Å². The Morgan fingerprint density at radius 3 is 2.73 bits per heavy atom. The van der Waals surface area contributed by atoms with Crippen LogP contribution in [0.25, 0.3) is 16.5 Å². The molecule has 1 unspecified atom stereocenters. The van der Waals surface area contributed by atoms with Crippen molar-refractivity contribution in [3.63, 3.8) is 0 Å². The molecule has 1 fully saturated rings. The first-order chi connectivity index (χ1) is 16.1. The Bertz CT molecular complexity index is 1290. The van der Waals surface area contributed by atoms with Crippen LogP contribution in [0.1, 0.15) is 23.4 Å². The zero-order chi connectivity index (χ0) is 22.8. The molecule has 0 bridgehead atoms. The molecule has 0 amide bonds. The molecule has 0 radical (unpaired) electrons. The van der Waals surface area contributed by atoms with E-state index < -0.39 is 0 Å². The van der Waals surface area contributed by atoms with Crippen LogP contribution in [0, 0.1) is 13.8 Å². The molecule has 3 heterocycles. The molecule has 0 spiro atoms. The first-order valence-corrected chi connectivity index (χ1v) is 11.0. The largest absolute Gasteiger partial charge is 0.493 e. The Balaban J connectivity index is 1.55. The second-order valence-electron chi connectivity index (χ2n) is 8.14. The van der Waals surface area contributed by atoms with E-state index in [1.54, 1.807) is 13.3 Å². The molecule has 33 heavy (non-hydrogen) atoms. The molecule has 3 aromatic rings. The van der Waals surface area contributed by atoms with E-state index in [1.807, 2.05) is 56.3 Å². The lowest BCUT2D eigenvalue weighted by atomic mass is 10.0. The van der Waals surface area contributed by atoms with Gasteiger partial charge in [-0.15, -0.1) is 0 Å². The molecule has 6 heteroatoms. The van der Waals surface area contributed by atoms with Gasteiger partial charge in [0.2, 0.25) is 0 Å². The minimum absolute atomic E-state index is 0.159. The zero-order valence-electron chi connectivity index (χ0n) is 19.0. The summed E-state index contributed by atoms with van der Waals surface area (Å²) in [7, 11) is 1.63. The van der Waals surface area contributed by atoms with Gasteiger partial charge in [-0.1, -0.05) is 30.4 Å². The highest BCUT2D eigenvalue weighted by Crippen LogP contribution is 2.39. The lowest BCUT2D eigenvalue weighted by molar-refractivity contribution is 0.252. The fourth-order valence-corrected chi connectivity index (χ4v) is 3.70. The van der Waals surface area contributed by atoms with E-state index in [0.717, 1.165) is 46.5 Å². The van der Waals surface area contributed by atoms with Crippen LogP contribution in [0.2, 0.25) is 0 Å². The maximum absolute atomic E-state index is 6.49. The van der Waals surface area contributed by atoms with Gasteiger partial charge in [0, 0.05) is 23.3 Å². The fourth-order valence-electron chi connectivity index (χ4n) is 3.70. The smallest absolute Gasteiger partial charge is 0.163 e. The van der Waals surface area contributed by atoms with Gasteiger partial charge in [-0.3, -0.25) is 4.98 Å². The molecule has 2 aliphatic rings. The summed E-state index contributed by atoms with van der Waals surface area (Å²) < 4.78 is 23.2. The van der Waals surface area contributed by atoms with E-state index in [0.29, 0.717) is 29.6 Å². The topological polar surface area (TPSA) is 66.0 Å². The molecule has 5 rings (SSSR count). The molecule has 0 N–H and O–H groups in total. The van der Waals surface area contributed by atoms with E-state index in [4.69, 9.17) is 23.9 Å². The Morgan fingerprint density at radius 2 is 1.91 bits per heavy atom. The summed E-state index contributed by atoms with van der Waals surface area (Å²) in [5.74, 6) is 2.66. The van der Waals surface area contributed by atoms with Crippen molar-refractivity contribution < 1.29 is 18.9 Å². The number of nitrogens with zero attached hydrogens (tertiary/aromatic N) is 2. The number of pyridine rings is 2. The summed E-state index contributed by atoms with van der Waals surface area (Å²) in [6.45, 7) is 5.29. The highest BCUT2D eigenvalue weighted by atomic mass is 16.6. The second kappa shape index (κ2) is 9.08. The van der Waals surface area contributed by atoms with E-state index in [2.05, 4.69) is 17.1 Å². The molecular weight excluding hydrogens is 416 g/mol. The highest BCUT2D eigenvalue weighted by Gasteiger charge is 2.24. The molecule has 168 valence electrons. The van der Waals surface area contributed by atoms with Gasteiger partial charge in [0.15, 0.2) is 17.2 Å². The third-order valence-electron chi connectivity index (χ3n) is 5.76. The summed E-state index contributed by atoms with van der Waals surface area (Å²) in [6, 6.07) is 7.70. The zero-order valence-corrected chi connectivity index (χ0v) is 19.0. The van der Waals surface area contributed by atoms with E-state index >= 15 is 0 Å². The number of aromatic nitrogens is 2. The Hall–Kier alpha value is -3.64. The van der Waals surface area contributed by atoms with Gasteiger partial charge in [-0.25, -0.2) is 4.98 Å². The summed E-state index contributed by atoms with van der Waals surface area (Å²) >= 11 is 0. The van der Waals surface area contributed by atoms with Crippen molar-refractivity contribution in [2.24, 2.45) is 0 Å². The Morgan fingerprint density at radius 1 is 1.03 bits per heavy atom. The normalized spacial score (nSPS) is 16.9. The first-order valence-electron chi connectivity index (χ1n) is 11.0. The third-order valence-corrected chi connectivity index (χ3v) is 5.76. The number of aryl methyl sites for hydroxylation is 2. The van der Waals surface area contributed by atoms with Gasteiger partial charge in [0.25, 0.3) is 0 Å². The molecule has 2 aromatic heterocycles. The van der Waals surface area contributed by atoms with E-state index in [1.165, 1.54) is 0 Å². The number of hydrogen-bond acceptors (Lipinski definition) is 6. The fraction of sp³-hybridized carbons (Fsp3) is 0.259. The number of methoxy groups -OCH3 is 1. The summed E-state index contributed by atoms with van der Waals surface area (Å²) in [5.41, 5.74) is 4.77. The third kappa shape index (κ3) is 4.61. The van der Waals surface area contributed by atoms with Gasteiger partial charge in [-0.05, 0) is 49.6 Å². The first kappa shape index (κ1) is 21.2. The van der Waals surface area contributed by atoms with Crippen LogP contribution in [-0.2, 0) is 4.74 Å². The maximum Gasteiger partial charge on any atom is 0.163 e. The average Bonchev–Trinajstić information content (AvgIpc) is 3.67. The standard InChI is InChI=1S/C27H26N2O4/c1-17-12-26(27(29-18(17)2)19-8-6-4-5-7-9-19)33-23-10-11-28-22-14-25(32-16-20-15-31-20)24(30-3)13-21(22)23/h4-8,10-14,20H,9,15-16H2,1-3H3. The van der Waals surface area contributed by atoms with Crippen LogP contribution in [0.3, 0.4) is 0 Å².